The van der Waals surface area contributed by atoms with Gasteiger partial charge in [-0.3, -0.25) is 19.0 Å². The van der Waals surface area contributed by atoms with Gasteiger partial charge in [0.2, 0.25) is 11.8 Å². The molecule has 0 atom stereocenters. The number of methoxy groups -OCH3 is 1. The summed E-state index contributed by atoms with van der Waals surface area (Å²) in [5.74, 6) is -0.0959. The molecule has 0 spiro atoms. The van der Waals surface area contributed by atoms with Crippen molar-refractivity contribution in [2.45, 2.75) is 6.54 Å². The maximum absolute atomic E-state index is 12.5. The first-order valence-corrected chi connectivity index (χ1v) is 8.60. The second-order valence-electron chi connectivity index (χ2n) is 6.20. The Morgan fingerprint density at radius 1 is 1.18 bits per heavy atom. The molecule has 1 heterocycles. The number of aromatic nitrogens is 2. The summed E-state index contributed by atoms with van der Waals surface area (Å²) >= 11 is 0. The van der Waals surface area contributed by atoms with Crippen LogP contribution in [0, 0.1) is 0 Å². The number of carbonyl (C=O) groups excluding carboxylic acids is 2. The van der Waals surface area contributed by atoms with Gasteiger partial charge in [0.05, 0.1) is 30.9 Å². The fourth-order valence-electron chi connectivity index (χ4n) is 2.74. The van der Waals surface area contributed by atoms with Crippen molar-refractivity contribution in [3.63, 3.8) is 0 Å². The standard InChI is InChI=1S/C20H20N4O4/c1-23(12-18(25)22-14-6-5-7-15(10-14)28-2)20(27)13-24-17-9-4-3-8-16(17)21-11-19(24)26/h3-11H,12-13H2,1-2H3,(H,22,25). The van der Waals surface area contributed by atoms with Crippen molar-refractivity contribution >= 4 is 28.5 Å². The zero-order valence-corrected chi connectivity index (χ0v) is 15.6. The Labute approximate surface area is 161 Å². The van der Waals surface area contributed by atoms with E-state index in [0.717, 1.165) is 0 Å². The molecule has 1 aromatic heterocycles. The molecule has 0 saturated heterocycles. The van der Waals surface area contributed by atoms with Crippen molar-refractivity contribution in [2.24, 2.45) is 0 Å². The van der Waals surface area contributed by atoms with Crippen LogP contribution in [0.4, 0.5) is 5.69 Å². The number of amides is 2. The summed E-state index contributed by atoms with van der Waals surface area (Å²) in [6.45, 7) is -0.321. The van der Waals surface area contributed by atoms with Gasteiger partial charge in [0.25, 0.3) is 5.56 Å². The van der Waals surface area contributed by atoms with E-state index in [2.05, 4.69) is 10.3 Å². The van der Waals surface area contributed by atoms with Gasteiger partial charge < -0.3 is 15.0 Å². The number of carbonyl (C=O) groups is 2. The van der Waals surface area contributed by atoms with Gasteiger partial charge in [-0.05, 0) is 24.3 Å². The molecular formula is C20H20N4O4. The first-order chi connectivity index (χ1) is 13.5. The van der Waals surface area contributed by atoms with Crippen LogP contribution in [0.3, 0.4) is 0 Å². The van der Waals surface area contributed by atoms with E-state index in [0.29, 0.717) is 22.5 Å². The summed E-state index contributed by atoms with van der Waals surface area (Å²) in [6, 6.07) is 14.0. The molecule has 28 heavy (non-hydrogen) atoms. The number of benzene rings is 2. The van der Waals surface area contributed by atoms with Crippen molar-refractivity contribution in [1.29, 1.82) is 0 Å². The van der Waals surface area contributed by atoms with Crippen molar-refractivity contribution < 1.29 is 14.3 Å². The largest absolute Gasteiger partial charge is 0.497 e. The van der Waals surface area contributed by atoms with Crippen LogP contribution in [-0.2, 0) is 16.1 Å². The predicted molar refractivity (Wildman–Crippen MR) is 105 cm³/mol. The smallest absolute Gasteiger partial charge is 0.269 e. The Morgan fingerprint density at radius 2 is 1.96 bits per heavy atom. The highest BCUT2D eigenvalue weighted by molar-refractivity contribution is 5.94. The molecule has 0 bridgehead atoms. The summed E-state index contributed by atoms with van der Waals surface area (Å²) in [6.07, 6.45) is 1.19. The van der Waals surface area contributed by atoms with Crippen LogP contribution >= 0.6 is 0 Å². The quantitative estimate of drug-likeness (QED) is 0.700. The maximum atomic E-state index is 12.5. The average Bonchev–Trinajstić information content (AvgIpc) is 2.70. The Kier molecular flexibility index (Phi) is 5.69. The van der Waals surface area contributed by atoms with Gasteiger partial charge in [0, 0.05) is 18.8 Å². The third kappa shape index (κ3) is 4.35. The number of hydrogen-bond donors (Lipinski definition) is 1. The highest BCUT2D eigenvalue weighted by Gasteiger charge is 2.16. The lowest BCUT2D eigenvalue weighted by atomic mass is 10.3. The molecular weight excluding hydrogens is 360 g/mol. The van der Waals surface area contributed by atoms with Crippen LogP contribution in [0.5, 0.6) is 5.75 Å². The molecule has 3 aromatic rings. The topological polar surface area (TPSA) is 93.5 Å². The molecule has 0 fully saturated rings. The monoisotopic (exact) mass is 380 g/mol. The van der Waals surface area contributed by atoms with E-state index in [1.54, 1.807) is 48.5 Å². The summed E-state index contributed by atoms with van der Waals surface area (Å²) in [5.41, 5.74) is 1.38. The second-order valence-corrected chi connectivity index (χ2v) is 6.20. The number of likely N-dealkylation sites (N-methyl/N-ethyl adjacent to an activating group) is 1. The molecule has 2 amide bonds. The highest BCUT2D eigenvalue weighted by Crippen LogP contribution is 2.16. The van der Waals surface area contributed by atoms with Crippen molar-refractivity contribution in [3.05, 3.63) is 65.1 Å². The van der Waals surface area contributed by atoms with Gasteiger partial charge in [-0.25, -0.2) is 4.98 Å². The van der Waals surface area contributed by atoms with Gasteiger partial charge in [-0.1, -0.05) is 18.2 Å². The molecule has 8 nitrogen and oxygen atoms in total. The van der Waals surface area contributed by atoms with Gasteiger partial charge in [-0.2, -0.15) is 0 Å². The summed E-state index contributed by atoms with van der Waals surface area (Å²) in [7, 11) is 3.06. The number of para-hydroxylation sites is 2. The minimum absolute atomic E-state index is 0.145. The highest BCUT2D eigenvalue weighted by atomic mass is 16.5. The third-order valence-corrected chi connectivity index (χ3v) is 4.21. The summed E-state index contributed by atoms with van der Waals surface area (Å²) < 4.78 is 6.46. The molecule has 0 aliphatic carbocycles. The average molecular weight is 380 g/mol. The van der Waals surface area contributed by atoms with Gasteiger partial charge in [0.1, 0.15) is 12.3 Å². The van der Waals surface area contributed by atoms with E-state index in [1.165, 1.54) is 29.8 Å². The van der Waals surface area contributed by atoms with Crippen LogP contribution in [0.1, 0.15) is 0 Å². The third-order valence-electron chi connectivity index (χ3n) is 4.21. The van der Waals surface area contributed by atoms with Crippen LogP contribution in [0.15, 0.2) is 59.5 Å². The first-order valence-electron chi connectivity index (χ1n) is 8.60. The second kappa shape index (κ2) is 8.34. The Balaban J connectivity index is 1.67. The fourth-order valence-corrected chi connectivity index (χ4v) is 2.74. The van der Waals surface area contributed by atoms with E-state index < -0.39 is 0 Å². The molecule has 0 aliphatic rings. The normalized spacial score (nSPS) is 10.5. The Morgan fingerprint density at radius 3 is 2.75 bits per heavy atom. The minimum Gasteiger partial charge on any atom is -0.497 e. The minimum atomic E-state index is -0.374. The van der Waals surface area contributed by atoms with Crippen molar-refractivity contribution in [3.8, 4) is 5.75 Å². The summed E-state index contributed by atoms with van der Waals surface area (Å²) in [5, 5.41) is 2.72. The van der Waals surface area contributed by atoms with Crippen LogP contribution in [0.2, 0.25) is 0 Å². The molecule has 3 rings (SSSR count). The number of nitrogens with zero attached hydrogens (tertiary/aromatic N) is 3. The van der Waals surface area contributed by atoms with Gasteiger partial charge in [0.15, 0.2) is 0 Å². The van der Waals surface area contributed by atoms with Crippen LogP contribution < -0.4 is 15.6 Å². The number of hydrogen-bond acceptors (Lipinski definition) is 5. The zero-order valence-electron chi connectivity index (χ0n) is 15.6. The SMILES string of the molecule is COc1cccc(NC(=O)CN(C)C(=O)Cn2c(=O)cnc3ccccc32)c1. The zero-order chi connectivity index (χ0) is 20.1. The van der Waals surface area contributed by atoms with E-state index >= 15 is 0 Å². The molecule has 2 aromatic carbocycles. The van der Waals surface area contributed by atoms with E-state index in [9.17, 15) is 14.4 Å². The maximum Gasteiger partial charge on any atom is 0.269 e. The van der Waals surface area contributed by atoms with Crippen LogP contribution in [-0.4, -0.2) is 47.0 Å². The van der Waals surface area contributed by atoms with E-state index in [4.69, 9.17) is 4.74 Å². The molecule has 144 valence electrons. The van der Waals surface area contributed by atoms with Crippen molar-refractivity contribution in [1.82, 2.24) is 14.5 Å². The van der Waals surface area contributed by atoms with E-state index in [1.807, 2.05) is 0 Å². The Hall–Kier alpha value is -3.68. The van der Waals surface area contributed by atoms with Crippen LogP contribution in [0.25, 0.3) is 11.0 Å². The predicted octanol–water partition coefficient (Wildman–Crippen LogP) is 1.50. The molecule has 0 saturated carbocycles. The van der Waals surface area contributed by atoms with Gasteiger partial charge in [-0.15, -0.1) is 0 Å². The van der Waals surface area contributed by atoms with E-state index in [-0.39, 0.29) is 30.5 Å². The lowest BCUT2D eigenvalue weighted by Crippen LogP contribution is -2.38. The number of rotatable bonds is 6. The lowest BCUT2D eigenvalue weighted by molar-refractivity contribution is -0.133. The summed E-state index contributed by atoms with van der Waals surface area (Å²) in [4.78, 5) is 42.3. The van der Waals surface area contributed by atoms with Crippen molar-refractivity contribution in [2.75, 3.05) is 26.0 Å². The fraction of sp³-hybridized carbons (Fsp3) is 0.200. The molecule has 8 heteroatoms. The lowest BCUT2D eigenvalue weighted by Gasteiger charge is -2.18. The number of fused-ring (bicyclic) bond motifs is 1. The molecule has 0 aliphatic heterocycles. The first kappa shape index (κ1) is 19.1. The Bertz CT molecular complexity index is 1080. The van der Waals surface area contributed by atoms with Gasteiger partial charge >= 0.3 is 0 Å². The number of anilines is 1. The number of ether oxygens (including phenoxy) is 1. The number of nitrogens with one attached hydrogen (secondary N) is 1. The molecule has 0 radical (unpaired) electrons. The molecule has 0 unspecified atom stereocenters. The molecule has 1 N–H and O–H groups in total.